The Morgan fingerprint density at radius 3 is 2.75 bits per heavy atom. The average molecular weight is 298 g/mol. The van der Waals surface area contributed by atoms with Gasteiger partial charge in [0.15, 0.2) is 5.16 Å². The zero-order valence-electron chi connectivity index (χ0n) is 9.99. The van der Waals surface area contributed by atoms with Crippen LogP contribution in [-0.2, 0) is 7.05 Å². The molecule has 2 aromatic rings. The molecule has 0 bridgehead atoms. The number of aromatic amines is 1. The number of rotatable bonds is 3. The van der Waals surface area contributed by atoms with E-state index in [9.17, 15) is 24.1 Å². The molecular formula is C10H7FN4O4S. The van der Waals surface area contributed by atoms with Crippen LogP contribution in [0.5, 0.6) is 0 Å². The first-order chi connectivity index (χ1) is 9.36. The third-order valence-electron chi connectivity index (χ3n) is 2.22. The van der Waals surface area contributed by atoms with E-state index in [4.69, 9.17) is 0 Å². The summed E-state index contributed by atoms with van der Waals surface area (Å²) >= 11 is 0.820. The number of H-pyrrole nitrogens is 1. The normalized spacial score (nSPS) is 10.5. The van der Waals surface area contributed by atoms with Gasteiger partial charge in [-0.05, 0) is 17.8 Å². The molecule has 0 amide bonds. The molecule has 1 aromatic carbocycles. The highest BCUT2D eigenvalue weighted by Crippen LogP contribution is 2.28. The fraction of sp³-hybridized carbons (Fsp3) is 0.100. The molecule has 10 heteroatoms. The summed E-state index contributed by atoms with van der Waals surface area (Å²) in [4.78, 5) is 35.8. The van der Waals surface area contributed by atoms with Crippen molar-refractivity contribution in [2.45, 2.75) is 10.1 Å². The third kappa shape index (κ3) is 2.91. The lowest BCUT2D eigenvalue weighted by atomic mass is 10.3. The van der Waals surface area contributed by atoms with E-state index >= 15 is 0 Å². The second-order valence-corrected chi connectivity index (χ2v) is 4.74. The van der Waals surface area contributed by atoms with E-state index in [2.05, 4.69) is 10.1 Å². The van der Waals surface area contributed by atoms with Crippen molar-refractivity contribution >= 4 is 17.4 Å². The van der Waals surface area contributed by atoms with Crippen LogP contribution in [0.2, 0.25) is 0 Å². The molecule has 0 fully saturated rings. The van der Waals surface area contributed by atoms with Crippen molar-refractivity contribution in [2.24, 2.45) is 7.05 Å². The van der Waals surface area contributed by atoms with E-state index in [1.54, 1.807) is 0 Å². The SMILES string of the molecule is Cn1[nH]c(=O)c(=O)nc1Sc1cc(F)cc([N+](=O)[O-])c1. The van der Waals surface area contributed by atoms with E-state index in [0.717, 1.165) is 30.0 Å². The smallest absolute Gasteiger partial charge is 0.265 e. The molecule has 0 saturated heterocycles. The number of nitrogens with zero attached hydrogens (tertiary/aromatic N) is 3. The largest absolute Gasteiger partial charge is 0.339 e. The van der Waals surface area contributed by atoms with E-state index in [1.165, 1.54) is 11.7 Å². The summed E-state index contributed by atoms with van der Waals surface area (Å²) < 4.78 is 14.4. The molecule has 0 spiro atoms. The van der Waals surface area contributed by atoms with Crippen molar-refractivity contribution < 1.29 is 9.31 Å². The van der Waals surface area contributed by atoms with Gasteiger partial charge >= 0.3 is 11.1 Å². The van der Waals surface area contributed by atoms with Crippen LogP contribution in [0.15, 0.2) is 37.8 Å². The number of hydrogen-bond donors (Lipinski definition) is 1. The summed E-state index contributed by atoms with van der Waals surface area (Å²) in [6.07, 6.45) is 0. The molecule has 0 unspecified atom stereocenters. The minimum Gasteiger partial charge on any atom is -0.265 e. The van der Waals surface area contributed by atoms with Gasteiger partial charge in [0.05, 0.1) is 11.0 Å². The summed E-state index contributed by atoms with van der Waals surface area (Å²) in [5, 5.41) is 12.9. The topological polar surface area (TPSA) is 111 Å². The van der Waals surface area contributed by atoms with E-state index < -0.39 is 27.5 Å². The summed E-state index contributed by atoms with van der Waals surface area (Å²) in [6, 6.07) is 2.99. The highest BCUT2D eigenvalue weighted by atomic mass is 32.2. The van der Waals surface area contributed by atoms with Gasteiger partial charge in [0.25, 0.3) is 5.69 Å². The van der Waals surface area contributed by atoms with Crippen LogP contribution >= 0.6 is 11.8 Å². The Kier molecular flexibility index (Phi) is 3.66. The fourth-order valence-corrected chi connectivity index (χ4v) is 2.24. The summed E-state index contributed by atoms with van der Waals surface area (Å²) in [5.41, 5.74) is -2.29. The molecule has 0 atom stereocenters. The number of nitro benzene ring substituents is 1. The number of halogens is 1. The molecule has 0 saturated carbocycles. The van der Waals surface area contributed by atoms with Crippen LogP contribution in [0, 0.1) is 15.9 Å². The zero-order valence-corrected chi connectivity index (χ0v) is 10.8. The second-order valence-electron chi connectivity index (χ2n) is 3.70. The Morgan fingerprint density at radius 2 is 2.10 bits per heavy atom. The molecule has 104 valence electrons. The molecule has 1 aromatic heterocycles. The molecule has 0 aliphatic heterocycles. The Hall–Kier alpha value is -2.49. The van der Waals surface area contributed by atoms with Gasteiger partial charge in [-0.3, -0.25) is 29.5 Å². The Morgan fingerprint density at radius 1 is 1.40 bits per heavy atom. The third-order valence-corrected chi connectivity index (χ3v) is 3.24. The molecule has 20 heavy (non-hydrogen) atoms. The monoisotopic (exact) mass is 298 g/mol. The van der Waals surface area contributed by atoms with Crippen molar-refractivity contribution in [3.05, 3.63) is 54.8 Å². The van der Waals surface area contributed by atoms with Gasteiger partial charge in [-0.1, -0.05) is 0 Å². The van der Waals surface area contributed by atoms with Crippen molar-refractivity contribution in [1.82, 2.24) is 14.8 Å². The minimum absolute atomic E-state index is 0.0782. The lowest BCUT2D eigenvalue weighted by Gasteiger charge is -2.05. The first-order valence-corrected chi connectivity index (χ1v) is 5.98. The zero-order chi connectivity index (χ0) is 14.9. The second kappa shape index (κ2) is 5.25. The van der Waals surface area contributed by atoms with E-state index in [1.807, 2.05) is 0 Å². The first-order valence-electron chi connectivity index (χ1n) is 5.17. The number of aromatic nitrogens is 3. The lowest BCUT2D eigenvalue weighted by molar-refractivity contribution is -0.385. The molecule has 1 heterocycles. The van der Waals surface area contributed by atoms with Crippen molar-refractivity contribution in [1.29, 1.82) is 0 Å². The summed E-state index contributed by atoms with van der Waals surface area (Å²) in [6.45, 7) is 0. The maximum atomic E-state index is 13.3. The average Bonchev–Trinajstić information content (AvgIpc) is 2.35. The molecule has 1 N–H and O–H groups in total. The van der Waals surface area contributed by atoms with Gasteiger partial charge in [0.2, 0.25) is 0 Å². The Bertz CT molecular complexity index is 801. The van der Waals surface area contributed by atoms with Gasteiger partial charge in [-0.15, -0.1) is 0 Å². The van der Waals surface area contributed by atoms with Crippen molar-refractivity contribution in [3.8, 4) is 0 Å². The quantitative estimate of drug-likeness (QED) is 0.506. The first kappa shape index (κ1) is 13.9. The predicted octanol–water partition coefficient (Wildman–Crippen LogP) is 0.667. The number of benzene rings is 1. The minimum atomic E-state index is -0.989. The summed E-state index contributed by atoms with van der Waals surface area (Å²) in [5.74, 6) is -0.781. The molecule has 2 rings (SSSR count). The van der Waals surface area contributed by atoms with Crippen molar-refractivity contribution in [3.63, 3.8) is 0 Å². The number of nitrogens with one attached hydrogen (secondary N) is 1. The highest BCUT2D eigenvalue weighted by Gasteiger charge is 2.13. The lowest BCUT2D eigenvalue weighted by Crippen LogP contribution is -2.33. The predicted molar refractivity (Wildman–Crippen MR) is 67.3 cm³/mol. The molecular weight excluding hydrogens is 291 g/mol. The fourth-order valence-electron chi connectivity index (χ4n) is 1.37. The standard InChI is InChI=1S/C10H7FN4O4S/c1-14-10(12-8(16)9(17)13-14)20-7-3-5(11)2-6(4-7)15(18)19/h2-4H,1H3,(H,13,17). The Balaban J connectivity index is 2.45. The van der Waals surface area contributed by atoms with Gasteiger partial charge in [0.1, 0.15) is 5.82 Å². The molecule has 8 nitrogen and oxygen atoms in total. The maximum Gasteiger partial charge on any atom is 0.339 e. The molecule has 0 aliphatic carbocycles. The van der Waals surface area contributed by atoms with Crippen LogP contribution in [0.4, 0.5) is 10.1 Å². The summed E-state index contributed by atoms with van der Waals surface area (Å²) in [7, 11) is 1.43. The van der Waals surface area contributed by atoms with Crippen LogP contribution in [0.1, 0.15) is 0 Å². The van der Waals surface area contributed by atoms with Gasteiger partial charge < -0.3 is 0 Å². The van der Waals surface area contributed by atoms with Crippen LogP contribution < -0.4 is 11.1 Å². The number of aryl methyl sites for hydroxylation is 1. The van der Waals surface area contributed by atoms with Gasteiger partial charge in [0, 0.05) is 18.0 Å². The van der Waals surface area contributed by atoms with Gasteiger partial charge in [-0.2, -0.15) is 4.98 Å². The Labute approximate surface area is 114 Å². The van der Waals surface area contributed by atoms with Crippen LogP contribution in [0.3, 0.4) is 0 Å². The number of nitro groups is 1. The van der Waals surface area contributed by atoms with Gasteiger partial charge in [-0.25, -0.2) is 4.39 Å². The highest BCUT2D eigenvalue weighted by molar-refractivity contribution is 7.99. The maximum absolute atomic E-state index is 13.3. The van der Waals surface area contributed by atoms with Crippen LogP contribution in [-0.4, -0.2) is 19.7 Å². The van der Waals surface area contributed by atoms with Crippen LogP contribution in [0.25, 0.3) is 0 Å². The number of hydrogen-bond acceptors (Lipinski definition) is 6. The molecule has 0 aliphatic rings. The van der Waals surface area contributed by atoms with Crippen molar-refractivity contribution in [2.75, 3.05) is 0 Å². The number of non-ortho nitro benzene ring substituents is 1. The van der Waals surface area contributed by atoms with E-state index in [-0.39, 0.29) is 10.1 Å². The molecule has 0 radical (unpaired) electrons. The van der Waals surface area contributed by atoms with E-state index in [0.29, 0.717) is 0 Å².